The zero-order valence-electron chi connectivity index (χ0n) is 10.6. The lowest BCUT2D eigenvalue weighted by molar-refractivity contribution is -0.274. The molecule has 1 aliphatic heterocycles. The molecule has 4 nitrogen and oxygen atoms in total. The fourth-order valence-corrected chi connectivity index (χ4v) is 1.73. The number of anilines is 1. The van der Waals surface area contributed by atoms with Crippen molar-refractivity contribution in [2.24, 2.45) is 0 Å². The minimum absolute atomic E-state index is 0. The lowest BCUT2D eigenvalue weighted by atomic mass is 10.2. The second-order valence-corrected chi connectivity index (χ2v) is 3.77. The van der Waals surface area contributed by atoms with Crippen LogP contribution in [0.4, 0.5) is 18.9 Å². The van der Waals surface area contributed by atoms with Gasteiger partial charge < -0.3 is 15.0 Å². The van der Waals surface area contributed by atoms with Crippen LogP contribution in [0.2, 0.25) is 0 Å². The van der Waals surface area contributed by atoms with E-state index in [1.165, 1.54) is 23.1 Å². The van der Waals surface area contributed by atoms with Gasteiger partial charge in [-0.05, 0) is 12.1 Å². The third-order valence-electron chi connectivity index (χ3n) is 2.45. The van der Waals surface area contributed by atoms with Crippen molar-refractivity contribution in [2.75, 3.05) is 24.5 Å². The smallest absolute Gasteiger partial charge is 0.406 e. The van der Waals surface area contributed by atoms with Crippen LogP contribution in [0.5, 0.6) is 5.75 Å². The maximum absolute atomic E-state index is 12.1. The number of hydrogen-bond donors (Lipinski definition) is 1. The van der Waals surface area contributed by atoms with Crippen LogP contribution < -0.4 is 15.0 Å². The molecule has 0 spiro atoms. The molecule has 0 unspecified atom stereocenters. The van der Waals surface area contributed by atoms with E-state index in [-0.39, 0.29) is 55.4 Å². The number of piperazine rings is 1. The Bertz CT molecular complexity index is 461. The van der Waals surface area contributed by atoms with Gasteiger partial charge in [-0.1, -0.05) is 6.07 Å². The molecule has 0 aliphatic carbocycles. The van der Waals surface area contributed by atoms with Gasteiger partial charge in [0.1, 0.15) is 5.75 Å². The number of amides is 1. The highest BCUT2D eigenvalue weighted by atomic mass is 35.5. The Balaban J connectivity index is 0. The third-order valence-corrected chi connectivity index (χ3v) is 2.45. The standard InChI is InChI=1S/C11H11F3N2O2.3ClH/c12-11(13,14)18-9-3-1-2-8(6-9)16-5-4-15-7-10(16)17;;;/h1-3,6,15H,4-5,7H2;3*1H. The Labute approximate surface area is 138 Å². The highest BCUT2D eigenvalue weighted by Gasteiger charge is 2.31. The number of rotatable bonds is 2. The maximum atomic E-state index is 12.1. The number of benzene rings is 1. The number of nitrogens with one attached hydrogen (secondary N) is 1. The second kappa shape index (κ2) is 9.19. The molecule has 1 aromatic rings. The van der Waals surface area contributed by atoms with Gasteiger partial charge in [-0.2, -0.15) is 0 Å². The molecule has 122 valence electrons. The quantitative estimate of drug-likeness (QED) is 0.872. The molecule has 2 rings (SSSR count). The third kappa shape index (κ3) is 6.60. The summed E-state index contributed by atoms with van der Waals surface area (Å²) in [6.45, 7) is 1.22. The molecule has 0 bridgehead atoms. The van der Waals surface area contributed by atoms with Gasteiger partial charge in [0, 0.05) is 24.8 Å². The van der Waals surface area contributed by atoms with Gasteiger partial charge in [0.25, 0.3) is 0 Å². The highest BCUT2D eigenvalue weighted by Crippen LogP contribution is 2.27. The molecule has 0 atom stereocenters. The lowest BCUT2D eigenvalue weighted by Crippen LogP contribution is -2.48. The molecule has 1 saturated heterocycles. The topological polar surface area (TPSA) is 41.6 Å². The molecule has 1 heterocycles. The largest absolute Gasteiger partial charge is 0.573 e. The summed E-state index contributed by atoms with van der Waals surface area (Å²) in [6.07, 6.45) is -4.73. The van der Waals surface area contributed by atoms with E-state index in [0.717, 1.165) is 0 Å². The predicted molar refractivity (Wildman–Crippen MR) is 80.1 cm³/mol. The van der Waals surface area contributed by atoms with Gasteiger partial charge in [0.15, 0.2) is 0 Å². The number of carbonyl (C=O) groups is 1. The summed E-state index contributed by atoms with van der Waals surface area (Å²) >= 11 is 0. The normalized spacial score (nSPS) is 14.4. The summed E-state index contributed by atoms with van der Waals surface area (Å²) in [7, 11) is 0. The average molecular weight is 370 g/mol. The van der Waals surface area contributed by atoms with Crippen molar-refractivity contribution in [3.05, 3.63) is 24.3 Å². The molecule has 1 aliphatic rings. The minimum atomic E-state index is -4.73. The van der Waals surface area contributed by atoms with Gasteiger partial charge >= 0.3 is 6.36 Å². The van der Waals surface area contributed by atoms with Crippen LogP contribution in [0.1, 0.15) is 0 Å². The van der Waals surface area contributed by atoms with Crippen molar-refractivity contribution in [3.63, 3.8) is 0 Å². The monoisotopic (exact) mass is 368 g/mol. The van der Waals surface area contributed by atoms with E-state index in [2.05, 4.69) is 10.1 Å². The van der Waals surface area contributed by atoms with E-state index in [0.29, 0.717) is 18.8 Å². The van der Waals surface area contributed by atoms with Crippen molar-refractivity contribution in [2.45, 2.75) is 6.36 Å². The Morgan fingerprint density at radius 1 is 1.19 bits per heavy atom. The summed E-state index contributed by atoms with van der Waals surface area (Å²) in [5, 5.41) is 2.88. The molecule has 0 aromatic heterocycles. The van der Waals surface area contributed by atoms with Gasteiger partial charge in [0.2, 0.25) is 5.91 Å². The number of ether oxygens (including phenoxy) is 1. The molecule has 21 heavy (non-hydrogen) atoms. The molecule has 0 radical (unpaired) electrons. The Kier molecular flexibility index (Phi) is 9.80. The van der Waals surface area contributed by atoms with Gasteiger partial charge in [-0.25, -0.2) is 0 Å². The first-order valence-electron chi connectivity index (χ1n) is 5.32. The van der Waals surface area contributed by atoms with Crippen molar-refractivity contribution in [1.29, 1.82) is 0 Å². The SMILES string of the molecule is Cl.Cl.Cl.O=C1CNCCN1c1cccc(OC(F)(F)F)c1. The fourth-order valence-electron chi connectivity index (χ4n) is 1.73. The lowest BCUT2D eigenvalue weighted by Gasteiger charge is -2.27. The van der Waals surface area contributed by atoms with Crippen LogP contribution in [0, 0.1) is 0 Å². The molecule has 1 amide bonds. The summed E-state index contributed by atoms with van der Waals surface area (Å²) < 4.78 is 40.1. The number of halogens is 6. The zero-order chi connectivity index (χ0) is 13.2. The summed E-state index contributed by atoms with van der Waals surface area (Å²) in [5.74, 6) is -0.503. The second-order valence-electron chi connectivity index (χ2n) is 3.77. The first kappa shape index (κ1) is 22.4. The van der Waals surface area contributed by atoms with Crippen LogP contribution >= 0.6 is 37.2 Å². The first-order valence-corrected chi connectivity index (χ1v) is 5.32. The number of carbonyl (C=O) groups excluding carboxylic acids is 1. The molecule has 1 N–H and O–H groups in total. The first-order chi connectivity index (χ1) is 8.46. The number of hydrogen-bond acceptors (Lipinski definition) is 3. The van der Waals surface area contributed by atoms with Crippen LogP contribution in [-0.4, -0.2) is 31.9 Å². The Morgan fingerprint density at radius 3 is 2.43 bits per heavy atom. The van der Waals surface area contributed by atoms with E-state index < -0.39 is 6.36 Å². The Hall–Kier alpha value is -0.890. The maximum Gasteiger partial charge on any atom is 0.573 e. The van der Waals surface area contributed by atoms with Crippen molar-refractivity contribution < 1.29 is 22.7 Å². The zero-order valence-corrected chi connectivity index (χ0v) is 13.0. The average Bonchev–Trinajstić information content (AvgIpc) is 2.27. The molecular weight excluding hydrogens is 355 g/mol. The number of alkyl halides is 3. The molecule has 10 heteroatoms. The summed E-state index contributed by atoms with van der Waals surface area (Å²) in [6, 6.07) is 5.40. The highest BCUT2D eigenvalue weighted by molar-refractivity contribution is 5.95. The van der Waals surface area contributed by atoms with E-state index in [1.807, 2.05) is 0 Å². The van der Waals surface area contributed by atoms with Crippen LogP contribution in [0.15, 0.2) is 24.3 Å². The predicted octanol–water partition coefficient (Wildman–Crippen LogP) is 2.79. The van der Waals surface area contributed by atoms with Crippen molar-refractivity contribution >= 4 is 48.8 Å². The molecule has 1 fully saturated rings. The summed E-state index contributed by atoms with van der Waals surface area (Å²) in [4.78, 5) is 13.0. The van der Waals surface area contributed by atoms with E-state index >= 15 is 0 Å². The van der Waals surface area contributed by atoms with E-state index in [9.17, 15) is 18.0 Å². The van der Waals surface area contributed by atoms with E-state index in [4.69, 9.17) is 0 Å². The van der Waals surface area contributed by atoms with Crippen LogP contribution in [0.3, 0.4) is 0 Å². The molecule has 1 aromatic carbocycles. The molecular formula is C11H14Cl3F3N2O2. The number of nitrogens with zero attached hydrogens (tertiary/aromatic N) is 1. The van der Waals surface area contributed by atoms with Crippen LogP contribution in [0.25, 0.3) is 0 Å². The Morgan fingerprint density at radius 2 is 1.86 bits per heavy atom. The van der Waals surface area contributed by atoms with Gasteiger partial charge in [-0.15, -0.1) is 50.4 Å². The van der Waals surface area contributed by atoms with E-state index in [1.54, 1.807) is 6.07 Å². The van der Waals surface area contributed by atoms with Gasteiger partial charge in [-0.3, -0.25) is 4.79 Å². The summed E-state index contributed by atoms with van der Waals surface area (Å²) in [5.41, 5.74) is 0.406. The van der Waals surface area contributed by atoms with Crippen LogP contribution in [-0.2, 0) is 4.79 Å². The fraction of sp³-hybridized carbons (Fsp3) is 0.364. The van der Waals surface area contributed by atoms with Crippen molar-refractivity contribution in [3.8, 4) is 5.75 Å². The van der Waals surface area contributed by atoms with Gasteiger partial charge in [0.05, 0.1) is 6.54 Å². The molecule has 0 saturated carbocycles. The minimum Gasteiger partial charge on any atom is -0.406 e. The van der Waals surface area contributed by atoms with Crippen molar-refractivity contribution in [1.82, 2.24) is 5.32 Å².